The lowest BCUT2D eigenvalue weighted by atomic mass is 9.87. The number of rotatable bonds is 2. The summed E-state index contributed by atoms with van der Waals surface area (Å²) in [5.74, 6) is 0. The average molecular weight is 204 g/mol. The number of benzene rings is 1. The van der Waals surface area contributed by atoms with Crippen LogP contribution < -0.4 is 5.73 Å². The van der Waals surface area contributed by atoms with Crippen LogP contribution in [0.2, 0.25) is 5.54 Å². The molecular formula is C12H18NSi. The van der Waals surface area contributed by atoms with Gasteiger partial charge in [0.15, 0.2) is 0 Å². The molecule has 0 heterocycles. The number of nitrogen functional groups attached to an aromatic ring is 1. The van der Waals surface area contributed by atoms with Crippen LogP contribution in [-0.4, -0.2) is 10.2 Å². The van der Waals surface area contributed by atoms with E-state index in [0.717, 1.165) is 12.1 Å². The Kier molecular flexibility index (Phi) is 3.37. The van der Waals surface area contributed by atoms with Crippen LogP contribution in [0.3, 0.4) is 0 Å². The van der Waals surface area contributed by atoms with E-state index in [9.17, 15) is 0 Å². The second kappa shape index (κ2) is 4.18. The third kappa shape index (κ3) is 2.88. The maximum atomic E-state index is 5.89. The standard InChI is InChI=1S/C12H18NSi/c1-12(2,3)11(14)8-9-6-4-5-7-10(9)13/h4-7,11H,8,13H2,1-3H3. The molecule has 0 aliphatic carbocycles. The van der Waals surface area contributed by atoms with Gasteiger partial charge in [0.05, 0.1) is 0 Å². The Morgan fingerprint density at radius 2 is 1.86 bits per heavy atom. The van der Waals surface area contributed by atoms with Crippen molar-refractivity contribution in [3.05, 3.63) is 29.8 Å². The van der Waals surface area contributed by atoms with Crippen LogP contribution in [-0.2, 0) is 6.42 Å². The van der Waals surface area contributed by atoms with E-state index in [1.807, 2.05) is 18.2 Å². The van der Waals surface area contributed by atoms with Crippen molar-refractivity contribution in [1.29, 1.82) is 0 Å². The van der Waals surface area contributed by atoms with Crippen LogP contribution in [0.1, 0.15) is 26.3 Å². The van der Waals surface area contributed by atoms with E-state index in [4.69, 9.17) is 5.73 Å². The second-order valence-corrected chi connectivity index (χ2v) is 5.52. The molecule has 2 heteroatoms. The van der Waals surface area contributed by atoms with E-state index in [-0.39, 0.29) is 5.41 Å². The van der Waals surface area contributed by atoms with Gasteiger partial charge in [0.2, 0.25) is 0 Å². The Hall–Kier alpha value is -0.763. The Labute approximate surface area is 90.1 Å². The molecule has 0 fully saturated rings. The molecular weight excluding hydrogens is 186 g/mol. The molecule has 0 aliphatic heterocycles. The number of para-hydroxylation sites is 1. The minimum absolute atomic E-state index is 0.263. The number of hydrogen-bond donors (Lipinski definition) is 1. The summed E-state index contributed by atoms with van der Waals surface area (Å²) < 4.78 is 0. The first-order chi connectivity index (χ1) is 6.41. The first-order valence-corrected chi connectivity index (χ1v) is 5.53. The molecule has 0 saturated heterocycles. The van der Waals surface area contributed by atoms with Gasteiger partial charge in [-0.25, -0.2) is 0 Å². The van der Waals surface area contributed by atoms with E-state index < -0.39 is 0 Å². The fourth-order valence-corrected chi connectivity index (χ4v) is 1.47. The summed E-state index contributed by atoms with van der Waals surface area (Å²) in [6.45, 7) is 6.68. The van der Waals surface area contributed by atoms with Gasteiger partial charge in [-0.3, -0.25) is 0 Å². The lowest BCUT2D eigenvalue weighted by Crippen LogP contribution is -2.17. The van der Waals surface area contributed by atoms with Crippen molar-refractivity contribution >= 4 is 15.9 Å². The topological polar surface area (TPSA) is 26.0 Å². The number of hydrogen-bond acceptors (Lipinski definition) is 1. The van der Waals surface area contributed by atoms with Crippen molar-refractivity contribution in [2.24, 2.45) is 5.41 Å². The third-order valence-corrected chi connectivity index (χ3v) is 3.59. The summed E-state index contributed by atoms with van der Waals surface area (Å²) in [7, 11) is 3.77. The van der Waals surface area contributed by atoms with Crippen molar-refractivity contribution in [1.82, 2.24) is 0 Å². The number of nitrogens with two attached hydrogens (primary N) is 1. The van der Waals surface area contributed by atoms with Crippen molar-refractivity contribution in [3.63, 3.8) is 0 Å². The van der Waals surface area contributed by atoms with E-state index in [0.29, 0.717) is 5.54 Å². The summed E-state index contributed by atoms with van der Waals surface area (Å²) in [6, 6.07) is 8.05. The molecule has 0 aromatic heterocycles. The molecule has 75 valence electrons. The predicted molar refractivity (Wildman–Crippen MR) is 63.5 cm³/mol. The molecule has 1 aromatic rings. The first kappa shape index (κ1) is 11.3. The van der Waals surface area contributed by atoms with Crippen LogP contribution >= 0.6 is 0 Å². The largest absolute Gasteiger partial charge is 0.399 e. The molecule has 1 rings (SSSR count). The molecule has 0 saturated carbocycles. The van der Waals surface area contributed by atoms with E-state index in [1.54, 1.807) is 0 Å². The molecule has 0 aliphatic rings. The van der Waals surface area contributed by atoms with E-state index in [2.05, 4.69) is 37.1 Å². The fraction of sp³-hybridized carbons (Fsp3) is 0.500. The molecule has 1 atom stereocenters. The zero-order valence-corrected chi connectivity index (χ0v) is 10.2. The van der Waals surface area contributed by atoms with Gasteiger partial charge in [0, 0.05) is 15.9 Å². The van der Waals surface area contributed by atoms with E-state index >= 15 is 0 Å². The summed E-state index contributed by atoms with van der Waals surface area (Å²) in [5, 5.41) is 0. The van der Waals surface area contributed by atoms with Crippen LogP contribution in [0, 0.1) is 5.41 Å². The predicted octanol–water partition coefficient (Wildman–Crippen LogP) is 2.81. The van der Waals surface area contributed by atoms with Gasteiger partial charge in [0.25, 0.3) is 0 Å². The van der Waals surface area contributed by atoms with E-state index in [1.165, 1.54) is 5.56 Å². The van der Waals surface area contributed by atoms with Gasteiger partial charge >= 0.3 is 0 Å². The number of anilines is 1. The van der Waals surface area contributed by atoms with Crippen molar-refractivity contribution < 1.29 is 0 Å². The summed E-state index contributed by atoms with van der Waals surface area (Å²) in [6.07, 6.45) is 0.979. The van der Waals surface area contributed by atoms with Crippen LogP contribution in [0.5, 0.6) is 0 Å². The monoisotopic (exact) mass is 204 g/mol. The van der Waals surface area contributed by atoms with Crippen LogP contribution in [0.25, 0.3) is 0 Å². The third-order valence-electron chi connectivity index (χ3n) is 2.52. The van der Waals surface area contributed by atoms with Gasteiger partial charge in [0.1, 0.15) is 0 Å². The molecule has 14 heavy (non-hydrogen) atoms. The van der Waals surface area contributed by atoms with Gasteiger partial charge in [-0.15, -0.1) is 0 Å². The Bertz CT molecular complexity index is 301. The van der Waals surface area contributed by atoms with Gasteiger partial charge in [-0.1, -0.05) is 39.0 Å². The summed E-state index contributed by atoms with van der Waals surface area (Å²) in [5.41, 5.74) is 8.72. The molecule has 1 aromatic carbocycles. The fourth-order valence-electron chi connectivity index (χ4n) is 1.25. The Morgan fingerprint density at radius 1 is 1.29 bits per heavy atom. The maximum absolute atomic E-state index is 5.89. The Morgan fingerprint density at radius 3 is 2.36 bits per heavy atom. The van der Waals surface area contributed by atoms with Crippen molar-refractivity contribution in [3.8, 4) is 0 Å². The van der Waals surface area contributed by atoms with Gasteiger partial charge in [-0.05, 0) is 29.0 Å². The van der Waals surface area contributed by atoms with Gasteiger partial charge in [-0.2, -0.15) is 0 Å². The average Bonchev–Trinajstić information content (AvgIpc) is 2.07. The quantitative estimate of drug-likeness (QED) is 0.582. The minimum Gasteiger partial charge on any atom is -0.399 e. The molecule has 3 radical (unpaired) electrons. The van der Waals surface area contributed by atoms with Crippen LogP contribution in [0.4, 0.5) is 5.69 Å². The SMILES string of the molecule is CC(C)(C)C([Si])Cc1ccccc1N. The summed E-state index contributed by atoms with van der Waals surface area (Å²) in [4.78, 5) is 0. The minimum atomic E-state index is 0.263. The summed E-state index contributed by atoms with van der Waals surface area (Å²) >= 11 is 0. The molecule has 1 nitrogen and oxygen atoms in total. The highest BCUT2D eigenvalue weighted by molar-refractivity contribution is 6.12. The molecule has 0 bridgehead atoms. The lowest BCUT2D eigenvalue weighted by Gasteiger charge is -2.27. The lowest BCUT2D eigenvalue weighted by molar-refractivity contribution is 0.379. The molecule has 1 unspecified atom stereocenters. The Balaban J connectivity index is 2.75. The van der Waals surface area contributed by atoms with Crippen molar-refractivity contribution in [2.45, 2.75) is 32.7 Å². The zero-order valence-electron chi connectivity index (χ0n) is 9.17. The normalized spacial score (nSPS) is 14.0. The van der Waals surface area contributed by atoms with Gasteiger partial charge < -0.3 is 5.73 Å². The molecule has 0 spiro atoms. The first-order valence-electron chi connectivity index (χ1n) is 4.96. The highest BCUT2D eigenvalue weighted by atomic mass is 28.1. The highest BCUT2D eigenvalue weighted by Crippen LogP contribution is 2.32. The molecule has 0 amide bonds. The second-order valence-electron chi connectivity index (χ2n) is 4.82. The zero-order chi connectivity index (χ0) is 10.8. The van der Waals surface area contributed by atoms with Crippen molar-refractivity contribution in [2.75, 3.05) is 5.73 Å². The maximum Gasteiger partial charge on any atom is 0.0346 e. The smallest absolute Gasteiger partial charge is 0.0346 e. The highest BCUT2D eigenvalue weighted by Gasteiger charge is 2.20. The molecule has 2 N–H and O–H groups in total. The van der Waals surface area contributed by atoms with Crippen LogP contribution in [0.15, 0.2) is 24.3 Å².